The lowest BCUT2D eigenvalue weighted by molar-refractivity contribution is -0.141. The average Bonchev–Trinajstić information content (AvgIpc) is 2.84. The van der Waals surface area contributed by atoms with Crippen LogP contribution in [0.15, 0.2) is 35.9 Å². The van der Waals surface area contributed by atoms with Crippen LogP contribution in [0.1, 0.15) is 90.7 Å². The van der Waals surface area contributed by atoms with E-state index in [4.69, 9.17) is 9.26 Å². The van der Waals surface area contributed by atoms with Crippen molar-refractivity contribution in [1.29, 1.82) is 0 Å². The quantitative estimate of drug-likeness (QED) is 0.138. The van der Waals surface area contributed by atoms with Crippen molar-refractivity contribution in [2.45, 2.75) is 92.0 Å². The molecule has 0 aromatic heterocycles. The molecule has 0 radical (unpaired) electrons. The van der Waals surface area contributed by atoms with Gasteiger partial charge in [0.25, 0.3) is 0 Å². The van der Waals surface area contributed by atoms with Gasteiger partial charge in [-0.15, -0.1) is 0 Å². The number of carbonyl (C=O) groups is 2. The van der Waals surface area contributed by atoms with Gasteiger partial charge in [0.2, 0.25) is 0 Å². The number of allylic oxidation sites excluding steroid dienone is 3. The summed E-state index contributed by atoms with van der Waals surface area (Å²) in [5, 5.41) is 21.0. The molecule has 1 aromatic carbocycles. The van der Waals surface area contributed by atoms with Crippen molar-refractivity contribution in [2.75, 3.05) is 13.2 Å². The van der Waals surface area contributed by atoms with Crippen LogP contribution < -0.4 is 4.52 Å². The number of nitrogens with zero attached hydrogens (tertiary/aromatic N) is 1. The van der Waals surface area contributed by atoms with Gasteiger partial charge < -0.3 is 19.5 Å². The molecular formula is C29H44NO7P. The Morgan fingerprint density at radius 3 is 2.47 bits per heavy atom. The number of phenolic OH excluding ortho intramolecular Hbond substituents is 1. The highest BCUT2D eigenvalue weighted by Crippen LogP contribution is 2.57. The minimum atomic E-state index is -4.54. The zero-order valence-corrected chi connectivity index (χ0v) is 24.6. The molecule has 2 rings (SSSR count). The topological polar surface area (TPSA) is 113 Å². The number of ether oxygens (including phenoxy) is 1. The maximum atomic E-state index is 14.4. The molecule has 0 bridgehead atoms. The number of aliphatic carboxylic acids is 1. The van der Waals surface area contributed by atoms with Crippen molar-refractivity contribution < 1.29 is 33.6 Å². The van der Waals surface area contributed by atoms with Gasteiger partial charge in [-0.2, -0.15) is 4.67 Å². The third-order valence-electron chi connectivity index (χ3n) is 7.15. The third kappa shape index (κ3) is 7.29. The van der Waals surface area contributed by atoms with Crippen LogP contribution in [0.2, 0.25) is 0 Å². The lowest BCUT2D eigenvalue weighted by atomic mass is 9.73. The number of rotatable bonds is 14. The first-order valence-electron chi connectivity index (χ1n) is 13.6. The van der Waals surface area contributed by atoms with Gasteiger partial charge in [0.15, 0.2) is 0 Å². The second-order valence-corrected chi connectivity index (χ2v) is 12.2. The Labute approximate surface area is 227 Å². The van der Waals surface area contributed by atoms with Gasteiger partial charge in [0, 0.05) is 18.0 Å². The molecule has 1 aliphatic rings. The summed E-state index contributed by atoms with van der Waals surface area (Å²) in [7, 11) is -4.54. The normalized spacial score (nSPS) is 19.8. The van der Waals surface area contributed by atoms with Crippen molar-refractivity contribution >= 4 is 19.2 Å². The van der Waals surface area contributed by atoms with Crippen LogP contribution in [0.4, 0.5) is 4.79 Å². The van der Waals surface area contributed by atoms with Crippen molar-refractivity contribution in [3.63, 3.8) is 0 Å². The number of carboxylic acid groups (broad SMARTS) is 1. The Morgan fingerprint density at radius 1 is 1.24 bits per heavy atom. The van der Waals surface area contributed by atoms with E-state index < -0.39 is 25.2 Å². The summed E-state index contributed by atoms with van der Waals surface area (Å²) in [4.78, 5) is 25.0. The fourth-order valence-electron chi connectivity index (χ4n) is 5.06. The largest absolute Gasteiger partial charge is 0.507 e. The van der Waals surface area contributed by atoms with Crippen molar-refractivity contribution in [3.8, 4) is 11.5 Å². The Balaban J connectivity index is 2.78. The molecule has 0 aliphatic heterocycles. The molecule has 38 heavy (non-hydrogen) atoms. The zero-order chi connectivity index (χ0) is 28.6. The lowest BCUT2D eigenvalue weighted by Crippen LogP contribution is -2.39. The first-order chi connectivity index (χ1) is 17.9. The Kier molecular flexibility index (Phi) is 11.7. The summed E-state index contributed by atoms with van der Waals surface area (Å²) in [6.45, 7) is 14.7. The van der Waals surface area contributed by atoms with Gasteiger partial charge >= 0.3 is 19.2 Å². The molecule has 2 N–H and O–H groups in total. The van der Waals surface area contributed by atoms with E-state index in [-0.39, 0.29) is 36.5 Å². The summed E-state index contributed by atoms with van der Waals surface area (Å²) in [6.07, 6.45) is 7.35. The maximum Gasteiger partial charge on any atom is 0.427 e. The van der Waals surface area contributed by atoms with E-state index in [1.165, 1.54) is 6.92 Å². The standard InChI is InChI=1S/C29H44NO7P/c1-8-11-12-13-22-17-25(31)27(24-16-20(6)14-15-23(24)19(4)5)26(18-22)37-38(35,29(34)36-10-3)30(9-2)21(7)28(32)33/h16-18,21,23-24,31H,4,8-15H2,1-3,5-7H3,(H,32,33)/t21?,23-,24+,38?/m0/s1. The number of phenols is 1. The summed E-state index contributed by atoms with van der Waals surface area (Å²) >= 11 is 0. The van der Waals surface area contributed by atoms with Crippen LogP contribution in [-0.4, -0.2) is 45.8 Å². The number of carbonyl (C=O) groups excluding carboxylic acids is 1. The number of likely N-dealkylation sites (N-methyl/N-ethyl adjacent to an activating group) is 1. The highest BCUT2D eigenvalue weighted by Gasteiger charge is 2.48. The maximum absolute atomic E-state index is 14.4. The molecule has 9 heteroatoms. The van der Waals surface area contributed by atoms with Crippen molar-refractivity contribution in [1.82, 2.24) is 4.67 Å². The first kappa shape index (κ1) is 31.6. The van der Waals surface area contributed by atoms with E-state index in [2.05, 4.69) is 19.6 Å². The van der Waals surface area contributed by atoms with Crippen LogP contribution in [0.3, 0.4) is 0 Å². The van der Waals surface area contributed by atoms with Gasteiger partial charge in [-0.05, 0) is 77.0 Å². The molecule has 0 fully saturated rings. The fraction of sp³-hybridized carbons (Fsp3) is 0.586. The van der Waals surface area contributed by atoms with Crippen LogP contribution in [0.5, 0.6) is 11.5 Å². The van der Waals surface area contributed by atoms with Crippen LogP contribution in [0, 0.1) is 5.92 Å². The van der Waals surface area contributed by atoms with Gasteiger partial charge in [-0.1, -0.05) is 50.5 Å². The Bertz CT molecular complexity index is 1100. The second kappa shape index (κ2) is 14.0. The number of hydrogen-bond donors (Lipinski definition) is 2. The molecule has 0 heterocycles. The van der Waals surface area contributed by atoms with E-state index in [9.17, 15) is 24.4 Å². The van der Waals surface area contributed by atoms with E-state index in [1.807, 2.05) is 13.8 Å². The number of benzene rings is 1. The molecule has 4 atom stereocenters. The molecule has 0 spiro atoms. The van der Waals surface area contributed by atoms with E-state index in [0.717, 1.165) is 53.5 Å². The first-order valence-corrected chi connectivity index (χ1v) is 15.1. The summed E-state index contributed by atoms with van der Waals surface area (Å²) in [5.74, 6) is -1.47. The van der Waals surface area contributed by atoms with Crippen LogP contribution in [-0.2, 0) is 20.5 Å². The molecule has 0 amide bonds. The monoisotopic (exact) mass is 549 g/mol. The second-order valence-electron chi connectivity index (χ2n) is 10.1. The van der Waals surface area contributed by atoms with Crippen molar-refractivity contribution in [2.24, 2.45) is 5.92 Å². The SMILES string of the molecule is C=C(C)[C@@H]1CCC(C)=C[C@H]1c1c(O)cc(CCCCC)cc1OP(=O)(C(=O)OCC)N(CC)C(C)C(=O)O. The van der Waals surface area contributed by atoms with Crippen molar-refractivity contribution in [3.05, 3.63) is 47.1 Å². The molecular weight excluding hydrogens is 505 g/mol. The van der Waals surface area contributed by atoms with Crippen LogP contribution >= 0.6 is 7.52 Å². The average molecular weight is 550 g/mol. The fourth-order valence-corrected chi connectivity index (χ4v) is 7.08. The molecule has 1 aromatic rings. The molecule has 212 valence electrons. The minimum absolute atomic E-state index is 0.0000847. The number of hydrogen-bond acceptors (Lipinski definition) is 6. The predicted octanol–water partition coefficient (Wildman–Crippen LogP) is 7.66. The van der Waals surface area contributed by atoms with Gasteiger partial charge in [-0.3, -0.25) is 4.79 Å². The number of unbranched alkanes of at least 4 members (excludes halogenated alkanes) is 2. The predicted molar refractivity (Wildman–Crippen MR) is 150 cm³/mol. The molecule has 1 aliphatic carbocycles. The van der Waals surface area contributed by atoms with E-state index in [1.54, 1.807) is 26.0 Å². The summed E-state index contributed by atoms with van der Waals surface area (Å²) in [6, 6.07) is 2.15. The highest BCUT2D eigenvalue weighted by molar-refractivity contribution is 7.73. The highest BCUT2D eigenvalue weighted by atomic mass is 31.2. The number of aromatic hydroxyl groups is 1. The zero-order valence-electron chi connectivity index (χ0n) is 23.7. The van der Waals surface area contributed by atoms with Crippen LogP contribution in [0.25, 0.3) is 0 Å². The lowest BCUT2D eigenvalue weighted by Gasteiger charge is -2.35. The van der Waals surface area contributed by atoms with Gasteiger partial charge in [0.05, 0.1) is 6.61 Å². The Morgan fingerprint density at radius 2 is 1.92 bits per heavy atom. The molecule has 0 saturated carbocycles. The molecule has 2 unspecified atom stereocenters. The third-order valence-corrected chi connectivity index (χ3v) is 9.49. The summed E-state index contributed by atoms with van der Waals surface area (Å²) < 4.78 is 26.7. The Hall–Kier alpha value is -2.57. The van der Waals surface area contributed by atoms with Gasteiger partial charge in [-0.25, -0.2) is 9.36 Å². The number of aryl methyl sites for hydroxylation is 1. The smallest absolute Gasteiger partial charge is 0.427 e. The van der Waals surface area contributed by atoms with E-state index >= 15 is 0 Å². The van der Waals surface area contributed by atoms with E-state index in [0.29, 0.717) is 12.0 Å². The van der Waals surface area contributed by atoms with Gasteiger partial charge in [0.1, 0.15) is 17.5 Å². The molecule has 8 nitrogen and oxygen atoms in total. The minimum Gasteiger partial charge on any atom is -0.507 e. The summed E-state index contributed by atoms with van der Waals surface area (Å²) in [5.41, 5.74) is 2.17. The molecule has 0 saturated heterocycles. The number of carboxylic acids is 1.